The van der Waals surface area contributed by atoms with Crippen LogP contribution >= 0.6 is 15.9 Å². The summed E-state index contributed by atoms with van der Waals surface area (Å²) in [5, 5.41) is 16.7. The number of aryl methyl sites for hydroxylation is 1. The summed E-state index contributed by atoms with van der Waals surface area (Å²) >= 11 is 3.52. The number of aliphatic hydroxyl groups excluding tert-OH is 1. The van der Waals surface area contributed by atoms with E-state index in [1.165, 1.54) is 0 Å². The van der Waals surface area contributed by atoms with Crippen molar-refractivity contribution in [2.24, 2.45) is 5.73 Å². The van der Waals surface area contributed by atoms with Crippen LogP contribution in [0.2, 0.25) is 0 Å². The van der Waals surface area contributed by atoms with Crippen LogP contribution in [0.15, 0.2) is 59.1 Å². The maximum atomic E-state index is 13.1. The Bertz CT molecular complexity index is 1260. The van der Waals surface area contributed by atoms with E-state index in [0.29, 0.717) is 23.4 Å². The number of nitrogens with two attached hydrogens (primary N) is 1. The molecule has 0 bridgehead atoms. The van der Waals surface area contributed by atoms with E-state index in [-0.39, 0.29) is 11.1 Å². The summed E-state index contributed by atoms with van der Waals surface area (Å²) in [5.74, 6) is -0.638. The lowest BCUT2D eigenvalue weighted by Gasteiger charge is -2.40. The summed E-state index contributed by atoms with van der Waals surface area (Å²) in [5.41, 5.74) is 9.52. The van der Waals surface area contributed by atoms with Crippen molar-refractivity contribution in [3.05, 3.63) is 81.5 Å². The lowest BCUT2D eigenvalue weighted by atomic mass is 9.70. The number of primary amides is 1. The van der Waals surface area contributed by atoms with Crippen LogP contribution in [-0.2, 0) is 5.41 Å². The zero-order valence-corrected chi connectivity index (χ0v) is 20.8. The number of carbonyl (C=O) groups is 2. The van der Waals surface area contributed by atoms with Gasteiger partial charge < -0.3 is 21.5 Å². The van der Waals surface area contributed by atoms with E-state index in [2.05, 4.69) is 45.4 Å². The first-order valence-electron chi connectivity index (χ1n) is 11.0. The third-order valence-electron chi connectivity index (χ3n) is 6.21. The number of carbonyl (C=O) groups excluding carboxylic acids is 2. The maximum absolute atomic E-state index is 13.1. The van der Waals surface area contributed by atoms with Crippen molar-refractivity contribution in [2.75, 3.05) is 5.32 Å². The number of urea groups is 1. The normalized spacial score (nSPS) is 18.6. The molecule has 0 saturated carbocycles. The van der Waals surface area contributed by atoms with Gasteiger partial charge in [0.1, 0.15) is 5.69 Å². The Morgan fingerprint density at radius 1 is 1.15 bits per heavy atom. The summed E-state index contributed by atoms with van der Waals surface area (Å²) in [6, 6.07) is 15.7. The van der Waals surface area contributed by atoms with Gasteiger partial charge in [-0.3, -0.25) is 4.79 Å². The highest BCUT2D eigenvalue weighted by Crippen LogP contribution is 2.42. The molecular weight excluding hydrogens is 496 g/mol. The Kier molecular flexibility index (Phi) is 6.47. The summed E-state index contributed by atoms with van der Waals surface area (Å²) in [6.45, 7) is 5.88. The molecule has 0 unspecified atom stereocenters. The van der Waals surface area contributed by atoms with E-state index in [4.69, 9.17) is 5.73 Å². The number of aliphatic hydroxyl groups is 1. The number of nitrogens with one attached hydrogen (secondary N) is 2. The summed E-state index contributed by atoms with van der Waals surface area (Å²) in [6.07, 6.45) is -0.245. The molecule has 3 amide bonds. The molecule has 0 radical (unpaired) electrons. The molecule has 1 aliphatic rings. The predicted molar refractivity (Wildman–Crippen MR) is 136 cm³/mol. The smallest absolute Gasteiger partial charge is 0.319 e. The number of halogens is 1. The van der Waals surface area contributed by atoms with Gasteiger partial charge in [0.15, 0.2) is 0 Å². The quantitative estimate of drug-likeness (QED) is 0.392. The van der Waals surface area contributed by atoms with Crippen molar-refractivity contribution >= 4 is 33.6 Å². The molecule has 3 aromatic rings. The van der Waals surface area contributed by atoms with Crippen molar-refractivity contribution in [1.29, 1.82) is 0 Å². The van der Waals surface area contributed by atoms with Gasteiger partial charge in [-0.15, -0.1) is 0 Å². The number of hydrogen-bond acceptors (Lipinski definition) is 4. The summed E-state index contributed by atoms with van der Waals surface area (Å²) in [7, 11) is 0. The van der Waals surface area contributed by atoms with Gasteiger partial charge in [0.05, 0.1) is 23.5 Å². The van der Waals surface area contributed by atoms with Gasteiger partial charge in [-0.05, 0) is 53.6 Å². The van der Waals surface area contributed by atoms with Crippen LogP contribution in [0.1, 0.15) is 53.5 Å². The Morgan fingerprint density at radius 2 is 1.85 bits per heavy atom. The Balaban J connectivity index is 1.66. The van der Waals surface area contributed by atoms with Crippen LogP contribution in [-0.4, -0.2) is 28.1 Å². The average Bonchev–Trinajstić information content (AvgIpc) is 2.77. The number of pyridine rings is 1. The Hall–Kier alpha value is -3.23. The van der Waals surface area contributed by atoms with Gasteiger partial charge in [-0.2, -0.15) is 0 Å². The SMILES string of the molecule is Cc1cc(NC(=O)N[C@@H]2c3ccc(Br)cc3C(C)(C)C[C@H]2O)c(-c2ccccc2)nc1C(N)=O. The topological polar surface area (TPSA) is 117 Å². The number of benzene rings is 2. The largest absolute Gasteiger partial charge is 0.391 e. The number of amides is 3. The number of anilines is 1. The average molecular weight is 523 g/mol. The van der Waals surface area contributed by atoms with Crippen molar-refractivity contribution in [1.82, 2.24) is 10.3 Å². The van der Waals surface area contributed by atoms with E-state index in [0.717, 1.165) is 21.2 Å². The van der Waals surface area contributed by atoms with E-state index < -0.39 is 24.1 Å². The zero-order chi connectivity index (χ0) is 24.6. The van der Waals surface area contributed by atoms with Gasteiger partial charge in [0, 0.05) is 10.0 Å². The number of nitrogens with zero attached hydrogens (tertiary/aromatic N) is 1. The number of hydrogen-bond donors (Lipinski definition) is 4. The standard InChI is InChI=1S/C26H27BrN4O3/c1-14-11-19(22(30-21(14)24(28)33)15-7-5-4-6-8-15)29-25(34)31-23-17-10-9-16(27)12-18(17)26(2,3)13-20(23)32/h4-12,20,23,32H,13H2,1-3H3,(H2,28,33)(H2,29,31,34)/t20-,23-/m1/s1. The van der Waals surface area contributed by atoms with Crippen LogP contribution in [0.4, 0.5) is 10.5 Å². The number of aromatic nitrogens is 1. The van der Waals surface area contributed by atoms with Crippen molar-refractivity contribution in [3.63, 3.8) is 0 Å². The molecule has 0 fully saturated rings. The van der Waals surface area contributed by atoms with Gasteiger partial charge in [0.25, 0.3) is 5.91 Å². The molecule has 4 rings (SSSR count). The molecule has 1 heterocycles. The fourth-order valence-electron chi connectivity index (χ4n) is 4.59. The molecular formula is C26H27BrN4O3. The molecule has 5 N–H and O–H groups in total. The lowest BCUT2D eigenvalue weighted by Crippen LogP contribution is -2.45. The molecule has 1 aromatic heterocycles. The molecule has 8 heteroatoms. The highest BCUT2D eigenvalue weighted by atomic mass is 79.9. The van der Waals surface area contributed by atoms with Crippen LogP contribution in [0.3, 0.4) is 0 Å². The molecule has 176 valence electrons. The highest BCUT2D eigenvalue weighted by molar-refractivity contribution is 9.10. The van der Waals surface area contributed by atoms with Gasteiger partial charge >= 0.3 is 6.03 Å². The van der Waals surface area contributed by atoms with Gasteiger partial charge in [-0.1, -0.05) is 66.2 Å². The second-order valence-corrected chi connectivity index (χ2v) is 10.2. The first kappa shape index (κ1) is 23.9. The molecule has 0 aliphatic heterocycles. The molecule has 1 aliphatic carbocycles. The first-order valence-corrected chi connectivity index (χ1v) is 11.8. The second kappa shape index (κ2) is 9.19. The number of rotatable bonds is 4. The number of fused-ring (bicyclic) bond motifs is 1. The Morgan fingerprint density at radius 3 is 2.53 bits per heavy atom. The fourth-order valence-corrected chi connectivity index (χ4v) is 4.95. The van der Waals surface area contributed by atoms with E-state index in [1.807, 2.05) is 48.5 Å². The van der Waals surface area contributed by atoms with Crippen LogP contribution < -0.4 is 16.4 Å². The monoisotopic (exact) mass is 522 g/mol. The van der Waals surface area contributed by atoms with Crippen LogP contribution in [0.5, 0.6) is 0 Å². The third-order valence-corrected chi connectivity index (χ3v) is 6.71. The minimum atomic E-state index is -0.750. The van der Waals surface area contributed by atoms with Crippen molar-refractivity contribution in [3.8, 4) is 11.3 Å². The highest BCUT2D eigenvalue weighted by Gasteiger charge is 2.39. The van der Waals surface area contributed by atoms with E-state index >= 15 is 0 Å². The van der Waals surface area contributed by atoms with Crippen LogP contribution in [0, 0.1) is 6.92 Å². The third kappa shape index (κ3) is 4.69. The minimum absolute atomic E-state index is 0.147. The molecule has 2 aromatic carbocycles. The second-order valence-electron chi connectivity index (χ2n) is 9.24. The summed E-state index contributed by atoms with van der Waals surface area (Å²) < 4.78 is 0.947. The lowest BCUT2D eigenvalue weighted by molar-refractivity contribution is 0.0882. The maximum Gasteiger partial charge on any atom is 0.319 e. The zero-order valence-electron chi connectivity index (χ0n) is 19.2. The van der Waals surface area contributed by atoms with Crippen molar-refractivity contribution < 1.29 is 14.7 Å². The minimum Gasteiger partial charge on any atom is -0.391 e. The van der Waals surface area contributed by atoms with Crippen molar-refractivity contribution in [2.45, 2.75) is 44.8 Å². The van der Waals surface area contributed by atoms with Crippen LogP contribution in [0.25, 0.3) is 11.3 Å². The van der Waals surface area contributed by atoms with E-state index in [9.17, 15) is 14.7 Å². The summed E-state index contributed by atoms with van der Waals surface area (Å²) in [4.78, 5) is 29.4. The molecule has 2 atom stereocenters. The van der Waals surface area contributed by atoms with E-state index in [1.54, 1.807) is 13.0 Å². The Labute approximate surface area is 206 Å². The molecule has 0 spiro atoms. The van der Waals surface area contributed by atoms with Gasteiger partial charge in [0.2, 0.25) is 0 Å². The first-order chi connectivity index (χ1) is 16.1. The predicted octanol–water partition coefficient (Wildman–Crippen LogP) is 4.82. The fraction of sp³-hybridized carbons (Fsp3) is 0.269. The molecule has 7 nitrogen and oxygen atoms in total. The molecule has 34 heavy (non-hydrogen) atoms. The van der Waals surface area contributed by atoms with Gasteiger partial charge in [-0.25, -0.2) is 9.78 Å². The molecule has 0 saturated heterocycles.